The topological polar surface area (TPSA) is 50.4 Å². The highest BCUT2D eigenvalue weighted by Gasteiger charge is 2.23. The summed E-state index contributed by atoms with van der Waals surface area (Å²) in [5, 5.41) is 6.25. The van der Waals surface area contributed by atoms with Crippen LogP contribution in [-0.4, -0.2) is 18.6 Å². The van der Waals surface area contributed by atoms with E-state index in [9.17, 15) is 4.79 Å². The van der Waals surface area contributed by atoms with Gasteiger partial charge in [-0.1, -0.05) is 19.1 Å². The van der Waals surface area contributed by atoms with E-state index < -0.39 is 0 Å². The lowest BCUT2D eigenvalue weighted by Gasteiger charge is -2.11. The monoisotopic (exact) mass is 310 g/mol. The molecule has 0 aliphatic carbocycles. The molecule has 120 valence electrons. The van der Waals surface area contributed by atoms with Gasteiger partial charge in [-0.05, 0) is 61.2 Å². The average Bonchev–Trinajstić information content (AvgIpc) is 3.12. The van der Waals surface area contributed by atoms with Crippen LogP contribution in [0.2, 0.25) is 0 Å². The van der Waals surface area contributed by atoms with Crippen molar-refractivity contribution in [3.8, 4) is 0 Å². The molecule has 2 aromatic rings. The van der Waals surface area contributed by atoms with Gasteiger partial charge in [0.2, 0.25) is 0 Å². The van der Waals surface area contributed by atoms with Crippen molar-refractivity contribution < 1.29 is 9.53 Å². The summed E-state index contributed by atoms with van der Waals surface area (Å²) < 4.78 is 5.38. The third-order valence-corrected chi connectivity index (χ3v) is 4.03. The van der Waals surface area contributed by atoms with Crippen molar-refractivity contribution >= 4 is 23.0 Å². The van der Waals surface area contributed by atoms with Crippen LogP contribution >= 0.6 is 0 Å². The van der Waals surface area contributed by atoms with Crippen LogP contribution in [0.5, 0.6) is 0 Å². The zero-order valence-electron chi connectivity index (χ0n) is 13.3. The van der Waals surface area contributed by atoms with Crippen LogP contribution in [-0.2, 0) is 16.0 Å². The average molecular weight is 310 g/mol. The van der Waals surface area contributed by atoms with Crippen LogP contribution in [0.15, 0.2) is 48.5 Å². The fourth-order valence-electron chi connectivity index (χ4n) is 2.63. The number of anilines is 3. The van der Waals surface area contributed by atoms with Gasteiger partial charge >= 0.3 is 0 Å². The quantitative estimate of drug-likeness (QED) is 0.874. The number of carbonyl (C=O) groups excluding carboxylic acids is 1. The van der Waals surface area contributed by atoms with Crippen LogP contribution in [0, 0.1) is 0 Å². The lowest BCUT2D eigenvalue weighted by Crippen LogP contribution is -2.26. The fraction of sp³-hybridized carbons (Fsp3) is 0.316. The fourth-order valence-corrected chi connectivity index (χ4v) is 2.63. The highest BCUT2D eigenvalue weighted by Crippen LogP contribution is 2.20. The Bertz CT molecular complexity index is 644. The Morgan fingerprint density at radius 3 is 2.22 bits per heavy atom. The largest absolute Gasteiger partial charge is 0.368 e. The van der Waals surface area contributed by atoms with Gasteiger partial charge in [0, 0.05) is 23.7 Å². The maximum atomic E-state index is 12.0. The number of hydrogen-bond acceptors (Lipinski definition) is 3. The summed E-state index contributed by atoms with van der Waals surface area (Å²) in [6.07, 6.45) is 2.50. The van der Waals surface area contributed by atoms with Crippen LogP contribution < -0.4 is 10.6 Å². The molecule has 4 nitrogen and oxygen atoms in total. The molecule has 0 saturated carbocycles. The first-order valence-electron chi connectivity index (χ1n) is 8.13. The molecule has 23 heavy (non-hydrogen) atoms. The summed E-state index contributed by atoms with van der Waals surface area (Å²) in [6.45, 7) is 2.82. The van der Waals surface area contributed by atoms with Crippen molar-refractivity contribution in [2.75, 3.05) is 17.2 Å². The van der Waals surface area contributed by atoms with Gasteiger partial charge in [0.1, 0.15) is 6.10 Å². The number of ether oxygens (including phenoxy) is 1. The number of nitrogens with one attached hydrogen (secondary N) is 2. The Kier molecular flexibility index (Phi) is 4.93. The Balaban J connectivity index is 1.58. The molecule has 0 radical (unpaired) electrons. The van der Waals surface area contributed by atoms with Crippen molar-refractivity contribution in [2.45, 2.75) is 32.3 Å². The van der Waals surface area contributed by atoms with E-state index >= 15 is 0 Å². The van der Waals surface area contributed by atoms with Gasteiger partial charge < -0.3 is 15.4 Å². The summed E-state index contributed by atoms with van der Waals surface area (Å²) in [7, 11) is 0. The van der Waals surface area contributed by atoms with Crippen molar-refractivity contribution in [3.05, 3.63) is 54.1 Å². The highest BCUT2D eigenvalue weighted by molar-refractivity contribution is 5.94. The number of amides is 1. The molecular weight excluding hydrogens is 288 g/mol. The SMILES string of the molecule is CCc1ccc(Nc2ccc(NC(=O)C3CCCO3)cc2)cc1. The van der Waals surface area contributed by atoms with Crippen LogP contribution in [0.25, 0.3) is 0 Å². The molecule has 1 aliphatic rings. The summed E-state index contributed by atoms with van der Waals surface area (Å²) in [6, 6.07) is 16.1. The molecule has 0 bridgehead atoms. The molecule has 2 N–H and O–H groups in total. The molecule has 1 amide bonds. The van der Waals surface area contributed by atoms with Crippen molar-refractivity contribution in [2.24, 2.45) is 0 Å². The molecular formula is C19H22N2O2. The van der Waals surface area contributed by atoms with E-state index in [1.807, 2.05) is 24.3 Å². The van der Waals surface area contributed by atoms with E-state index in [1.54, 1.807) is 0 Å². The molecule has 0 spiro atoms. The zero-order valence-corrected chi connectivity index (χ0v) is 13.3. The summed E-state index contributed by atoms with van der Waals surface area (Å²) in [5.41, 5.74) is 4.16. The van der Waals surface area contributed by atoms with E-state index in [4.69, 9.17) is 4.74 Å². The lowest BCUT2D eigenvalue weighted by molar-refractivity contribution is -0.124. The minimum absolute atomic E-state index is 0.0571. The minimum Gasteiger partial charge on any atom is -0.368 e. The maximum Gasteiger partial charge on any atom is 0.253 e. The Hall–Kier alpha value is -2.33. The summed E-state index contributed by atoms with van der Waals surface area (Å²) >= 11 is 0. The van der Waals surface area contributed by atoms with Gasteiger partial charge in [-0.2, -0.15) is 0 Å². The first kappa shape index (κ1) is 15.6. The van der Waals surface area contributed by atoms with E-state index in [0.717, 1.165) is 36.3 Å². The molecule has 1 aliphatic heterocycles. The van der Waals surface area contributed by atoms with Gasteiger partial charge in [0.25, 0.3) is 5.91 Å². The molecule has 0 aromatic heterocycles. The molecule has 2 aromatic carbocycles. The van der Waals surface area contributed by atoms with Crippen molar-refractivity contribution in [1.82, 2.24) is 0 Å². The Morgan fingerprint density at radius 1 is 1.04 bits per heavy atom. The van der Waals surface area contributed by atoms with Crippen LogP contribution in [0.4, 0.5) is 17.1 Å². The third kappa shape index (κ3) is 4.11. The second-order valence-electron chi connectivity index (χ2n) is 5.74. The van der Waals surface area contributed by atoms with E-state index in [1.165, 1.54) is 5.56 Å². The predicted molar refractivity (Wildman–Crippen MR) is 93.1 cm³/mol. The number of rotatable bonds is 5. The van der Waals surface area contributed by atoms with E-state index in [2.05, 4.69) is 41.8 Å². The first-order valence-corrected chi connectivity index (χ1v) is 8.13. The van der Waals surface area contributed by atoms with E-state index in [0.29, 0.717) is 6.61 Å². The Morgan fingerprint density at radius 2 is 1.65 bits per heavy atom. The summed E-state index contributed by atoms with van der Waals surface area (Å²) in [5.74, 6) is -0.0571. The van der Waals surface area contributed by atoms with Crippen LogP contribution in [0.1, 0.15) is 25.3 Å². The minimum atomic E-state index is -0.301. The molecule has 1 unspecified atom stereocenters. The van der Waals surface area contributed by atoms with E-state index in [-0.39, 0.29) is 12.0 Å². The molecule has 1 heterocycles. The lowest BCUT2D eigenvalue weighted by atomic mass is 10.1. The van der Waals surface area contributed by atoms with Crippen LogP contribution in [0.3, 0.4) is 0 Å². The standard InChI is InChI=1S/C19H22N2O2/c1-2-14-5-7-15(8-6-14)20-16-9-11-17(12-10-16)21-19(22)18-4-3-13-23-18/h5-12,18,20H,2-4,13H2,1H3,(H,21,22). The first-order chi connectivity index (χ1) is 11.2. The van der Waals surface area contributed by atoms with Gasteiger partial charge in [-0.3, -0.25) is 4.79 Å². The maximum absolute atomic E-state index is 12.0. The molecule has 1 saturated heterocycles. The van der Waals surface area contributed by atoms with Gasteiger partial charge in [-0.15, -0.1) is 0 Å². The number of aryl methyl sites for hydroxylation is 1. The highest BCUT2D eigenvalue weighted by atomic mass is 16.5. The van der Waals surface area contributed by atoms with Gasteiger partial charge in [0.05, 0.1) is 0 Å². The second-order valence-corrected chi connectivity index (χ2v) is 5.74. The Labute approximate surface area is 136 Å². The normalized spacial score (nSPS) is 17.0. The molecule has 1 atom stereocenters. The smallest absolute Gasteiger partial charge is 0.253 e. The van der Waals surface area contributed by atoms with Gasteiger partial charge in [0.15, 0.2) is 0 Å². The number of benzene rings is 2. The third-order valence-electron chi connectivity index (χ3n) is 4.03. The van der Waals surface area contributed by atoms with Crippen molar-refractivity contribution in [1.29, 1.82) is 0 Å². The predicted octanol–water partition coefficient (Wildman–Crippen LogP) is 4.11. The second kappa shape index (κ2) is 7.29. The van der Waals surface area contributed by atoms with Crippen molar-refractivity contribution in [3.63, 3.8) is 0 Å². The number of hydrogen-bond donors (Lipinski definition) is 2. The molecule has 1 fully saturated rings. The van der Waals surface area contributed by atoms with Gasteiger partial charge in [-0.25, -0.2) is 0 Å². The molecule has 3 rings (SSSR count). The summed E-state index contributed by atoms with van der Waals surface area (Å²) in [4.78, 5) is 12.0. The zero-order chi connectivity index (χ0) is 16.1. The number of carbonyl (C=O) groups is 1. The molecule has 4 heteroatoms.